The van der Waals surface area contributed by atoms with Crippen LogP contribution in [0.15, 0.2) is 0 Å². The monoisotopic (exact) mass is 229 g/mol. The van der Waals surface area contributed by atoms with E-state index in [2.05, 4.69) is 0 Å². The highest BCUT2D eigenvalue weighted by Crippen LogP contribution is 1.44. The Balaban J connectivity index is 0. The zero-order valence-corrected chi connectivity index (χ0v) is 6.39. The zero-order chi connectivity index (χ0) is 5.86. The van der Waals surface area contributed by atoms with Crippen LogP contribution in [0.3, 0.4) is 0 Å². The van der Waals surface area contributed by atoms with Crippen molar-refractivity contribution in [3.05, 3.63) is 0 Å². The molecule has 7 N–H and O–H groups in total. The Morgan fingerprint density at radius 1 is 1.12 bits per heavy atom. The van der Waals surface area contributed by atoms with Gasteiger partial charge < -0.3 is 11.5 Å². The van der Waals surface area contributed by atoms with Gasteiger partial charge in [0, 0.05) is 0 Å². The summed E-state index contributed by atoms with van der Waals surface area (Å²) < 4.78 is 0. The standard InChI is InChI=1S/C2H7N5.HI/c3-1(4)7-2(5)6;/h(H7,3,4,5,6,7);1H. The van der Waals surface area contributed by atoms with Crippen molar-refractivity contribution in [2.24, 2.45) is 11.5 Å². The molecule has 0 aromatic carbocycles. The summed E-state index contributed by atoms with van der Waals surface area (Å²) in [6.45, 7) is 0. The lowest BCUT2D eigenvalue weighted by molar-refractivity contribution is 1.19. The molecular weight excluding hydrogens is 221 g/mol. The van der Waals surface area contributed by atoms with Crippen molar-refractivity contribution in [3.8, 4) is 0 Å². The van der Waals surface area contributed by atoms with Crippen LogP contribution in [-0.2, 0) is 0 Å². The van der Waals surface area contributed by atoms with E-state index in [-0.39, 0.29) is 35.9 Å². The number of guanidine groups is 2. The second kappa shape index (κ2) is 4.62. The molecule has 8 heavy (non-hydrogen) atoms. The van der Waals surface area contributed by atoms with Crippen molar-refractivity contribution in [2.75, 3.05) is 0 Å². The van der Waals surface area contributed by atoms with Gasteiger partial charge in [-0.3, -0.25) is 16.1 Å². The van der Waals surface area contributed by atoms with Crippen molar-refractivity contribution < 1.29 is 0 Å². The van der Waals surface area contributed by atoms with E-state index in [9.17, 15) is 0 Å². The zero-order valence-electron chi connectivity index (χ0n) is 4.06. The van der Waals surface area contributed by atoms with Gasteiger partial charge in [0.2, 0.25) is 0 Å². The highest BCUT2D eigenvalue weighted by atomic mass is 127. The molecule has 0 atom stereocenters. The SMILES string of the molecule is I.N=C(N)NC(=N)N. The van der Waals surface area contributed by atoms with Crippen molar-refractivity contribution in [3.63, 3.8) is 0 Å². The summed E-state index contributed by atoms with van der Waals surface area (Å²) in [4.78, 5) is 0. The maximum atomic E-state index is 6.47. The van der Waals surface area contributed by atoms with Crippen LogP contribution in [0.1, 0.15) is 0 Å². The van der Waals surface area contributed by atoms with Crippen LogP contribution in [0.25, 0.3) is 0 Å². The third kappa shape index (κ3) is 9.08. The summed E-state index contributed by atoms with van der Waals surface area (Å²) >= 11 is 0. The Morgan fingerprint density at radius 2 is 1.38 bits per heavy atom. The maximum absolute atomic E-state index is 6.47. The minimum Gasteiger partial charge on any atom is -0.370 e. The number of halogens is 1. The summed E-state index contributed by atoms with van der Waals surface area (Å²) in [6.07, 6.45) is 0. The van der Waals surface area contributed by atoms with Gasteiger partial charge in [-0.1, -0.05) is 0 Å². The number of hydrogen-bond acceptors (Lipinski definition) is 2. The molecule has 0 amide bonds. The molecule has 6 heteroatoms. The first-order valence-electron chi connectivity index (χ1n) is 1.58. The van der Waals surface area contributed by atoms with Crippen molar-refractivity contribution >= 4 is 35.9 Å². The topological polar surface area (TPSA) is 112 Å². The van der Waals surface area contributed by atoms with Crippen LogP contribution in [0.4, 0.5) is 0 Å². The molecule has 0 unspecified atom stereocenters. The maximum Gasteiger partial charge on any atom is 0.192 e. The average molecular weight is 229 g/mol. The second-order valence-corrected chi connectivity index (χ2v) is 0.952. The molecule has 0 aliphatic carbocycles. The number of hydrogen-bond donors (Lipinski definition) is 5. The molecule has 0 heterocycles. The Kier molecular flexibility index (Phi) is 6.04. The summed E-state index contributed by atoms with van der Waals surface area (Å²) in [5, 5.41) is 15.0. The highest BCUT2D eigenvalue weighted by molar-refractivity contribution is 14.0. The normalized spacial score (nSPS) is 6.50. The van der Waals surface area contributed by atoms with Crippen LogP contribution >= 0.6 is 24.0 Å². The van der Waals surface area contributed by atoms with E-state index >= 15 is 0 Å². The predicted molar refractivity (Wildman–Crippen MR) is 42.4 cm³/mol. The largest absolute Gasteiger partial charge is 0.370 e. The van der Waals surface area contributed by atoms with Gasteiger partial charge in [0.15, 0.2) is 11.9 Å². The van der Waals surface area contributed by atoms with Gasteiger partial charge in [-0.2, -0.15) is 0 Å². The van der Waals surface area contributed by atoms with E-state index in [1.54, 1.807) is 0 Å². The van der Waals surface area contributed by atoms with Gasteiger partial charge in [-0.25, -0.2) is 0 Å². The molecule has 0 rings (SSSR count). The smallest absolute Gasteiger partial charge is 0.192 e. The van der Waals surface area contributed by atoms with Gasteiger partial charge in [0.05, 0.1) is 0 Å². The quantitative estimate of drug-likeness (QED) is 0.208. The van der Waals surface area contributed by atoms with Crippen LogP contribution in [0, 0.1) is 10.8 Å². The average Bonchev–Trinajstić information content (AvgIpc) is 1.27. The fourth-order valence-corrected chi connectivity index (χ4v) is 0.145. The van der Waals surface area contributed by atoms with Crippen molar-refractivity contribution in [1.29, 1.82) is 10.8 Å². The number of nitrogens with two attached hydrogens (primary N) is 2. The summed E-state index contributed by atoms with van der Waals surface area (Å²) in [6, 6.07) is 0. The summed E-state index contributed by atoms with van der Waals surface area (Å²) in [7, 11) is 0. The fourth-order valence-electron chi connectivity index (χ4n) is 0.145. The summed E-state index contributed by atoms with van der Waals surface area (Å²) in [5.74, 6) is -0.625. The minimum atomic E-state index is -0.312. The van der Waals surface area contributed by atoms with Gasteiger partial charge in [0.25, 0.3) is 0 Å². The molecule has 0 saturated heterocycles. The molecule has 5 nitrogen and oxygen atoms in total. The number of rotatable bonds is 0. The van der Waals surface area contributed by atoms with Crippen LogP contribution in [-0.4, -0.2) is 11.9 Å². The van der Waals surface area contributed by atoms with E-state index in [1.165, 1.54) is 0 Å². The van der Waals surface area contributed by atoms with Gasteiger partial charge in [0.1, 0.15) is 0 Å². The van der Waals surface area contributed by atoms with E-state index in [0.717, 1.165) is 0 Å². The molecule has 0 aromatic heterocycles. The van der Waals surface area contributed by atoms with Crippen LogP contribution in [0.2, 0.25) is 0 Å². The molecule has 0 aliphatic rings. The fraction of sp³-hybridized carbons (Fsp3) is 0. The van der Waals surface area contributed by atoms with E-state index < -0.39 is 0 Å². The predicted octanol–water partition coefficient (Wildman–Crippen LogP) is -1.02. The molecule has 0 bridgehead atoms. The Hall–Kier alpha value is -0.530. The van der Waals surface area contributed by atoms with Crippen molar-refractivity contribution in [2.45, 2.75) is 0 Å². The van der Waals surface area contributed by atoms with Gasteiger partial charge in [-0.15, -0.1) is 24.0 Å². The molecule has 0 aliphatic heterocycles. The van der Waals surface area contributed by atoms with Crippen LogP contribution < -0.4 is 16.8 Å². The Morgan fingerprint density at radius 3 is 1.38 bits per heavy atom. The first-order chi connectivity index (χ1) is 3.13. The van der Waals surface area contributed by atoms with E-state index in [4.69, 9.17) is 22.3 Å². The Bertz CT molecular complexity index is 86.6. The van der Waals surface area contributed by atoms with Gasteiger partial charge in [-0.05, 0) is 0 Å². The first-order valence-corrected chi connectivity index (χ1v) is 1.58. The lowest BCUT2D eigenvalue weighted by Crippen LogP contribution is -2.39. The van der Waals surface area contributed by atoms with E-state index in [0.29, 0.717) is 0 Å². The van der Waals surface area contributed by atoms with Crippen LogP contribution in [0.5, 0.6) is 0 Å². The minimum absolute atomic E-state index is 0. The van der Waals surface area contributed by atoms with Gasteiger partial charge >= 0.3 is 0 Å². The number of nitrogens with one attached hydrogen (secondary N) is 3. The van der Waals surface area contributed by atoms with E-state index in [1.807, 2.05) is 5.32 Å². The lowest BCUT2D eigenvalue weighted by Gasteiger charge is -1.95. The molecule has 0 fully saturated rings. The molecular formula is C2H8IN5. The molecule has 48 valence electrons. The second-order valence-electron chi connectivity index (χ2n) is 0.952. The highest BCUT2D eigenvalue weighted by Gasteiger charge is 1.83. The molecule has 0 saturated carbocycles. The van der Waals surface area contributed by atoms with Crippen molar-refractivity contribution in [1.82, 2.24) is 5.32 Å². The third-order valence-corrected chi connectivity index (χ3v) is 0.269. The molecule has 0 spiro atoms. The lowest BCUT2D eigenvalue weighted by atomic mass is 10.9. The Labute approximate surface area is 63.8 Å². The summed E-state index contributed by atoms with van der Waals surface area (Å²) in [5.41, 5.74) is 9.49. The first kappa shape index (κ1) is 10.5. The molecule has 0 aromatic rings. The molecule has 0 radical (unpaired) electrons. The third-order valence-electron chi connectivity index (χ3n) is 0.269.